The normalized spacial score (nSPS) is 13.0. The number of anilines is 1. The maximum Gasteiger partial charge on any atom is 0.273 e. The fraction of sp³-hybridized carbons (Fsp3) is 0.238. The summed E-state index contributed by atoms with van der Waals surface area (Å²) in [5.41, 5.74) is 5.68. The fourth-order valence-corrected chi connectivity index (χ4v) is 3.24. The number of carbonyl (C=O) groups excluding carboxylic acids is 4. The molecule has 162 valence electrons. The lowest BCUT2D eigenvalue weighted by Gasteiger charge is -2.15. The van der Waals surface area contributed by atoms with Crippen molar-refractivity contribution in [3.63, 3.8) is 0 Å². The van der Waals surface area contributed by atoms with Crippen LogP contribution >= 0.6 is 11.6 Å². The highest BCUT2D eigenvalue weighted by molar-refractivity contribution is 6.31. The summed E-state index contributed by atoms with van der Waals surface area (Å²) in [5.74, 6) is -1.35. The van der Waals surface area contributed by atoms with Crippen LogP contribution in [0.25, 0.3) is 0 Å². The lowest BCUT2D eigenvalue weighted by atomic mass is 10.2. The summed E-state index contributed by atoms with van der Waals surface area (Å²) in [7, 11) is 1.41. The van der Waals surface area contributed by atoms with Crippen molar-refractivity contribution in [2.24, 2.45) is 0 Å². The maximum absolute atomic E-state index is 12.2. The number of methoxy groups -OCH3 is 1. The minimum Gasteiger partial charge on any atom is -0.496 e. The zero-order valence-corrected chi connectivity index (χ0v) is 17.5. The van der Waals surface area contributed by atoms with Crippen molar-refractivity contribution in [3.8, 4) is 5.75 Å². The number of hydrazine groups is 1. The number of halogens is 1. The van der Waals surface area contributed by atoms with E-state index < -0.39 is 17.7 Å². The Labute approximate surface area is 183 Å². The van der Waals surface area contributed by atoms with Gasteiger partial charge in [-0.25, -0.2) is 0 Å². The first kappa shape index (κ1) is 22.1. The predicted molar refractivity (Wildman–Crippen MR) is 114 cm³/mol. The van der Waals surface area contributed by atoms with Crippen molar-refractivity contribution in [3.05, 3.63) is 58.6 Å². The molecule has 1 aliphatic rings. The van der Waals surface area contributed by atoms with Crippen molar-refractivity contribution in [2.75, 3.05) is 25.1 Å². The third-order valence-electron chi connectivity index (χ3n) is 4.65. The summed E-state index contributed by atoms with van der Waals surface area (Å²) in [6.45, 7) is 0.315. The number of nitrogens with zero attached hydrogens (tertiary/aromatic N) is 1. The van der Waals surface area contributed by atoms with E-state index in [2.05, 4.69) is 16.2 Å². The molecular weight excluding hydrogens is 424 g/mol. The molecule has 1 aliphatic heterocycles. The number of benzene rings is 2. The molecule has 1 saturated heterocycles. The van der Waals surface area contributed by atoms with Gasteiger partial charge >= 0.3 is 0 Å². The van der Waals surface area contributed by atoms with Crippen LogP contribution in [0.3, 0.4) is 0 Å². The van der Waals surface area contributed by atoms with Gasteiger partial charge in [-0.15, -0.1) is 0 Å². The molecule has 0 unspecified atom stereocenters. The minimum atomic E-state index is -0.623. The molecule has 31 heavy (non-hydrogen) atoms. The molecular formula is C21H21ClN4O5. The maximum atomic E-state index is 12.2. The Kier molecular flexibility index (Phi) is 7.09. The molecule has 0 aromatic heterocycles. The van der Waals surface area contributed by atoms with Crippen LogP contribution in [0.1, 0.15) is 33.6 Å². The van der Waals surface area contributed by atoms with Gasteiger partial charge in [0.1, 0.15) is 5.75 Å². The smallest absolute Gasteiger partial charge is 0.273 e. The van der Waals surface area contributed by atoms with Crippen LogP contribution in [0.2, 0.25) is 5.02 Å². The highest BCUT2D eigenvalue weighted by Gasteiger charge is 2.21. The highest BCUT2D eigenvalue weighted by Crippen LogP contribution is 2.22. The highest BCUT2D eigenvalue weighted by atomic mass is 35.5. The van der Waals surface area contributed by atoms with E-state index >= 15 is 0 Å². The van der Waals surface area contributed by atoms with E-state index in [1.165, 1.54) is 19.2 Å². The molecule has 9 nitrogen and oxygen atoms in total. The SMILES string of the molecule is COc1ccc(Cl)cc1C(=O)NNC(=O)CNC(=O)c1ccc(N2CCCC2=O)cc1. The van der Waals surface area contributed by atoms with Crippen molar-refractivity contribution >= 4 is 40.9 Å². The fourth-order valence-electron chi connectivity index (χ4n) is 3.07. The first-order valence-corrected chi connectivity index (χ1v) is 9.88. The Morgan fingerprint density at radius 2 is 1.81 bits per heavy atom. The van der Waals surface area contributed by atoms with Crippen molar-refractivity contribution in [1.29, 1.82) is 0 Å². The molecule has 10 heteroatoms. The molecule has 3 N–H and O–H groups in total. The van der Waals surface area contributed by atoms with Gasteiger partial charge in [-0.2, -0.15) is 0 Å². The number of amides is 4. The Bertz CT molecular complexity index is 1010. The molecule has 0 atom stereocenters. The molecule has 0 bridgehead atoms. The van der Waals surface area contributed by atoms with E-state index in [4.69, 9.17) is 16.3 Å². The zero-order chi connectivity index (χ0) is 22.4. The van der Waals surface area contributed by atoms with Crippen LogP contribution in [0, 0.1) is 0 Å². The van der Waals surface area contributed by atoms with Gasteiger partial charge in [0, 0.05) is 29.2 Å². The monoisotopic (exact) mass is 444 g/mol. The molecule has 1 heterocycles. The van der Waals surface area contributed by atoms with E-state index in [-0.39, 0.29) is 18.0 Å². The van der Waals surface area contributed by atoms with E-state index in [0.29, 0.717) is 29.3 Å². The van der Waals surface area contributed by atoms with Gasteiger partial charge in [0.15, 0.2) is 0 Å². The molecule has 3 rings (SSSR count). The largest absolute Gasteiger partial charge is 0.496 e. The molecule has 0 spiro atoms. The minimum absolute atomic E-state index is 0.0614. The quantitative estimate of drug-likeness (QED) is 0.586. The number of hydrogen-bond donors (Lipinski definition) is 3. The van der Waals surface area contributed by atoms with Gasteiger partial charge in [-0.3, -0.25) is 30.0 Å². The Balaban J connectivity index is 1.48. The van der Waals surface area contributed by atoms with Crippen LogP contribution in [0.4, 0.5) is 5.69 Å². The zero-order valence-electron chi connectivity index (χ0n) is 16.7. The van der Waals surface area contributed by atoms with Gasteiger partial charge in [0.05, 0.1) is 19.2 Å². The van der Waals surface area contributed by atoms with Crippen molar-refractivity contribution < 1.29 is 23.9 Å². The van der Waals surface area contributed by atoms with Crippen LogP contribution in [0.15, 0.2) is 42.5 Å². The van der Waals surface area contributed by atoms with E-state index in [1.807, 2.05) is 0 Å². The molecule has 0 saturated carbocycles. The third kappa shape index (κ3) is 5.52. The Morgan fingerprint density at radius 3 is 2.45 bits per heavy atom. The second-order valence-electron chi connectivity index (χ2n) is 6.73. The van der Waals surface area contributed by atoms with Crippen molar-refractivity contribution in [1.82, 2.24) is 16.2 Å². The van der Waals surface area contributed by atoms with Crippen LogP contribution in [0.5, 0.6) is 5.75 Å². The molecule has 2 aromatic carbocycles. The van der Waals surface area contributed by atoms with E-state index in [1.54, 1.807) is 35.2 Å². The standard InChI is InChI=1S/C21H21ClN4O5/c1-31-17-9-6-14(22)11-16(17)21(30)25-24-18(27)12-23-20(29)13-4-7-15(8-5-13)26-10-2-3-19(26)28/h4-9,11H,2-3,10,12H2,1H3,(H,23,29)(H,24,27)(H,25,30). The summed E-state index contributed by atoms with van der Waals surface area (Å²) >= 11 is 5.89. The van der Waals surface area contributed by atoms with Gasteiger partial charge in [0.25, 0.3) is 17.7 Å². The first-order valence-electron chi connectivity index (χ1n) is 9.50. The molecule has 0 radical (unpaired) electrons. The number of hydrogen-bond acceptors (Lipinski definition) is 5. The number of rotatable bonds is 6. The lowest BCUT2D eigenvalue weighted by Crippen LogP contribution is -2.46. The van der Waals surface area contributed by atoms with Crippen LogP contribution < -0.4 is 25.8 Å². The van der Waals surface area contributed by atoms with E-state index in [9.17, 15) is 19.2 Å². The number of ether oxygens (including phenoxy) is 1. The first-order chi connectivity index (χ1) is 14.9. The summed E-state index contributed by atoms with van der Waals surface area (Å²) in [4.78, 5) is 49.9. The molecule has 2 aromatic rings. The van der Waals surface area contributed by atoms with Gasteiger partial charge in [-0.1, -0.05) is 11.6 Å². The van der Waals surface area contributed by atoms with Crippen molar-refractivity contribution in [2.45, 2.75) is 12.8 Å². The Hall–Kier alpha value is -3.59. The number of nitrogens with one attached hydrogen (secondary N) is 3. The lowest BCUT2D eigenvalue weighted by molar-refractivity contribution is -0.121. The van der Waals surface area contributed by atoms with Gasteiger partial charge in [-0.05, 0) is 48.9 Å². The second-order valence-corrected chi connectivity index (χ2v) is 7.16. The Morgan fingerprint density at radius 1 is 1.06 bits per heavy atom. The average molecular weight is 445 g/mol. The summed E-state index contributed by atoms with van der Waals surface area (Å²) < 4.78 is 5.09. The summed E-state index contributed by atoms with van der Waals surface area (Å²) in [5, 5.41) is 2.80. The predicted octanol–water partition coefficient (Wildman–Crippen LogP) is 1.67. The van der Waals surface area contributed by atoms with E-state index in [0.717, 1.165) is 12.1 Å². The van der Waals surface area contributed by atoms with Gasteiger partial charge < -0.3 is 15.0 Å². The molecule has 0 aliphatic carbocycles. The number of carbonyl (C=O) groups is 4. The van der Waals surface area contributed by atoms with Gasteiger partial charge in [0.2, 0.25) is 5.91 Å². The average Bonchev–Trinajstić information content (AvgIpc) is 3.21. The third-order valence-corrected chi connectivity index (χ3v) is 4.88. The topological polar surface area (TPSA) is 117 Å². The van der Waals surface area contributed by atoms with Crippen LogP contribution in [-0.2, 0) is 9.59 Å². The molecule has 4 amide bonds. The van der Waals surface area contributed by atoms with Crippen LogP contribution in [-0.4, -0.2) is 43.8 Å². The summed E-state index contributed by atoms with van der Waals surface area (Å²) in [6, 6.07) is 11.1. The molecule has 1 fully saturated rings. The summed E-state index contributed by atoms with van der Waals surface area (Å²) in [6.07, 6.45) is 1.34. The second kappa shape index (κ2) is 9.94.